The van der Waals surface area contributed by atoms with E-state index in [0.29, 0.717) is 21.4 Å². The second kappa shape index (κ2) is 5.91. The van der Waals surface area contributed by atoms with Crippen LogP contribution in [0.2, 0.25) is 10.0 Å². The van der Waals surface area contributed by atoms with Gasteiger partial charge in [0.2, 0.25) is 0 Å². The Bertz CT molecular complexity index is 617. The van der Waals surface area contributed by atoms with Gasteiger partial charge in [0, 0.05) is 11.8 Å². The molecule has 0 saturated heterocycles. The molecule has 0 amide bonds. The molecule has 0 aliphatic carbocycles. The number of hydrogen-bond donors (Lipinski definition) is 1. The summed E-state index contributed by atoms with van der Waals surface area (Å²) in [6.07, 6.45) is 1.42. The molecule has 0 aliphatic heterocycles. The molecule has 1 aromatic heterocycles. The van der Waals surface area contributed by atoms with Crippen molar-refractivity contribution in [3.05, 3.63) is 57.8 Å². The van der Waals surface area contributed by atoms with E-state index in [4.69, 9.17) is 33.0 Å². The summed E-state index contributed by atoms with van der Waals surface area (Å²) in [5.41, 5.74) is 0.423. The number of halogens is 2. The van der Waals surface area contributed by atoms with E-state index in [2.05, 4.69) is 4.98 Å². The molecule has 0 saturated carbocycles. The van der Waals surface area contributed by atoms with Crippen molar-refractivity contribution >= 4 is 29.2 Å². The van der Waals surface area contributed by atoms with Gasteiger partial charge in [-0.05, 0) is 18.2 Å². The van der Waals surface area contributed by atoms with Gasteiger partial charge in [-0.25, -0.2) is 9.78 Å². The SMILES string of the molecule is O=C(O)c1ncccc1COc1cccc(Cl)c1Cl. The lowest BCUT2D eigenvalue weighted by molar-refractivity contribution is 0.0687. The molecule has 0 unspecified atom stereocenters. The molecule has 0 atom stereocenters. The van der Waals surface area contributed by atoms with Crippen molar-refractivity contribution in [2.75, 3.05) is 0 Å². The summed E-state index contributed by atoms with van der Waals surface area (Å²) in [6.45, 7) is 0.0511. The predicted octanol–water partition coefficient (Wildman–Crippen LogP) is 3.67. The summed E-state index contributed by atoms with van der Waals surface area (Å²) in [5.74, 6) is -0.703. The highest BCUT2D eigenvalue weighted by molar-refractivity contribution is 6.42. The molecule has 0 spiro atoms. The Hall–Kier alpha value is -1.78. The fraction of sp³-hybridized carbons (Fsp3) is 0.0769. The fourth-order valence-corrected chi connectivity index (χ4v) is 1.85. The van der Waals surface area contributed by atoms with E-state index in [1.807, 2.05) is 0 Å². The number of ether oxygens (including phenoxy) is 1. The molecule has 6 heteroatoms. The highest BCUT2D eigenvalue weighted by atomic mass is 35.5. The van der Waals surface area contributed by atoms with Gasteiger partial charge >= 0.3 is 5.97 Å². The van der Waals surface area contributed by atoms with Crippen LogP contribution >= 0.6 is 23.2 Å². The van der Waals surface area contributed by atoms with Gasteiger partial charge < -0.3 is 9.84 Å². The van der Waals surface area contributed by atoms with E-state index in [0.717, 1.165) is 0 Å². The molecule has 0 bridgehead atoms. The van der Waals surface area contributed by atoms with E-state index >= 15 is 0 Å². The van der Waals surface area contributed by atoms with Crippen LogP contribution in [0, 0.1) is 0 Å². The van der Waals surface area contributed by atoms with Crippen LogP contribution in [0.5, 0.6) is 5.75 Å². The summed E-state index contributed by atoms with van der Waals surface area (Å²) in [4.78, 5) is 14.8. The number of hydrogen-bond acceptors (Lipinski definition) is 3. The molecule has 0 radical (unpaired) electrons. The molecular formula is C13H9Cl2NO3. The Morgan fingerprint density at radius 3 is 2.79 bits per heavy atom. The molecule has 1 aromatic carbocycles. The number of carbonyl (C=O) groups is 1. The average Bonchev–Trinajstić information content (AvgIpc) is 2.40. The normalized spacial score (nSPS) is 10.2. The topological polar surface area (TPSA) is 59.4 Å². The number of aromatic carboxylic acids is 1. The maximum Gasteiger partial charge on any atom is 0.354 e. The van der Waals surface area contributed by atoms with Gasteiger partial charge in [0.05, 0.1) is 5.02 Å². The minimum atomic E-state index is -1.10. The van der Waals surface area contributed by atoms with Crippen LogP contribution in [0.1, 0.15) is 16.1 Å². The standard InChI is InChI=1S/C13H9Cl2NO3/c14-9-4-1-5-10(11(9)15)19-7-8-3-2-6-16-12(8)13(17)18/h1-6H,7H2,(H,17,18). The molecule has 1 heterocycles. The molecule has 0 aliphatic rings. The first kappa shape index (κ1) is 13.6. The van der Waals surface area contributed by atoms with Crippen molar-refractivity contribution in [2.24, 2.45) is 0 Å². The minimum absolute atomic E-state index is 0.0411. The third-order valence-corrected chi connectivity index (χ3v) is 3.19. The molecule has 4 nitrogen and oxygen atoms in total. The van der Waals surface area contributed by atoms with E-state index in [1.165, 1.54) is 6.20 Å². The number of pyridine rings is 1. The lowest BCUT2D eigenvalue weighted by atomic mass is 10.2. The van der Waals surface area contributed by atoms with Crippen LogP contribution in [0.4, 0.5) is 0 Å². The molecular weight excluding hydrogens is 289 g/mol. The number of aromatic nitrogens is 1. The first-order chi connectivity index (χ1) is 9.09. The van der Waals surface area contributed by atoms with Crippen LogP contribution in [-0.4, -0.2) is 16.1 Å². The lowest BCUT2D eigenvalue weighted by Gasteiger charge is -2.10. The van der Waals surface area contributed by atoms with Crippen molar-refractivity contribution < 1.29 is 14.6 Å². The molecule has 2 rings (SSSR count). The molecule has 98 valence electrons. The second-order valence-corrected chi connectivity index (χ2v) is 4.44. The maximum absolute atomic E-state index is 11.0. The van der Waals surface area contributed by atoms with Gasteiger partial charge in [0.25, 0.3) is 0 Å². The minimum Gasteiger partial charge on any atom is -0.487 e. The van der Waals surface area contributed by atoms with Crippen molar-refractivity contribution in [1.82, 2.24) is 4.98 Å². The van der Waals surface area contributed by atoms with Gasteiger partial charge in [0.1, 0.15) is 17.4 Å². The Kier molecular flexibility index (Phi) is 4.24. The molecule has 19 heavy (non-hydrogen) atoms. The third kappa shape index (κ3) is 3.16. The predicted molar refractivity (Wildman–Crippen MR) is 72.0 cm³/mol. The Morgan fingerprint density at radius 2 is 2.05 bits per heavy atom. The van der Waals surface area contributed by atoms with Gasteiger partial charge in [-0.1, -0.05) is 35.3 Å². The van der Waals surface area contributed by atoms with Crippen molar-refractivity contribution in [1.29, 1.82) is 0 Å². The monoisotopic (exact) mass is 297 g/mol. The summed E-state index contributed by atoms with van der Waals surface area (Å²) < 4.78 is 5.47. The molecule has 0 fully saturated rings. The first-order valence-electron chi connectivity index (χ1n) is 5.33. The van der Waals surface area contributed by atoms with E-state index in [9.17, 15) is 4.79 Å². The van der Waals surface area contributed by atoms with Gasteiger partial charge in [-0.2, -0.15) is 0 Å². The number of rotatable bonds is 4. The van der Waals surface area contributed by atoms with E-state index in [1.54, 1.807) is 30.3 Å². The average molecular weight is 298 g/mol. The number of nitrogens with zero attached hydrogens (tertiary/aromatic N) is 1. The quantitative estimate of drug-likeness (QED) is 0.935. The second-order valence-electron chi connectivity index (χ2n) is 3.66. The highest BCUT2D eigenvalue weighted by Crippen LogP contribution is 2.32. The van der Waals surface area contributed by atoms with Gasteiger partial charge in [0.15, 0.2) is 5.69 Å². The van der Waals surface area contributed by atoms with Crippen molar-refractivity contribution in [3.63, 3.8) is 0 Å². The van der Waals surface area contributed by atoms with Crippen LogP contribution in [0.3, 0.4) is 0 Å². The van der Waals surface area contributed by atoms with Crippen molar-refractivity contribution in [3.8, 4) is 5.75 Å². The summed E-state index contributed by atoms with van der Waals surface area (Å²) in [6, 6.07) is 8.28. The lowest BCUT2D eigenvalue weighted by Crippen LogP contribution is -2.08. The van der Waals surface area contributed by atoms with Crippen LogP contribution in [-0.2, 0) is 6.61 Å². The Labute approximate surface area is 119 Å². The first-order valence-corrected chi connectivity index (χ1v) is 6.09. The third-order valence-electron chi connectivity index (χ3n) is 2.39. The van der Waals surface area contributed by atoms with Crippen LogP contribution in [0.15, 0.2) is 36.5 Å². The van der Waals surface area contributed by atoms with Gasteiger partial charge in [-0.15, -0.1) is 0 Å². The Morgan fingerprint density at radius 1 is 1.26 bits per heavy atom. The zero-order chi connectivity index (χ0) is 13.8. The zero-order valence-corrected chi connectivity index (χ0v) is 11.1. The summed E-state index contributed by atoms with van der Waals surface area (Å²) in [7, 11) is 0. The Balaban J connectivity index is 2.19. The zero-order valence-electron chi connectivity index (χ0n) is 9.64. The van der Waals surface area contributed by atoms with E-state index in [-0.39, 0.29) is 12.3 Å². The largest absolute Gasteiger partial charge is 0.487 e. The van der Waals surface area contributed by atoms with Crippen LogP contribution in [0.25, 0.3) is 0 Å². The fourth-order valence-electron chi connectivity index (χ4n) is 1.50. The highest BCUT2D eigenvalue weighted by Gasteiger charge is 2.12. The number of benzene rings is 1. The van der Waals surface area contributed by atoms with E-state index < -0.39 is 5.97 Å². The van der Waals surface area contributed by atoms with Crippen molar-refractivity contribution in [2.45, 2.75) is 6.61 Å². The number of carboxylic acids is 1. The number of carboxylic acid groups (broad SMARTS) is 1. The van der Waals surface area contributed by atoms with Gasteiger partial charge in [-0.3, -0.25) is 0 Å². The summed E-state index contributed by atoms with van der Waals surface area (Å²) >= 11 is 11.8. The maximum atomic E-state index is 11.0. The molecule has 1 N–H and O–H groups in total. The molecule has 2 aromatic rings. The smallest absolute Gasteiger partial charge is 0.354 e. The van der Waals surface area contributed by atoms with Crippen LogP contribution < -0.4 is 4.74 Å². The summed E-state index contributed by atoms with van der Waals surface area (Å²) in [5, 5.41) is 9.67.